The first-order valence-corrected chi connectivity index (χ1v) is 8.32. The second kappa shape index (κ2) is 7.65. The number of nitrogens with one attached hydrogen (secondary N) is 1. The van der Waals surface area contributed by atoms with Crippen molar-refractivity contribution in [3.8, 4) is 0 Å². The zero-order valence-electron chi connectivity index (χ0n) is 12.4. The topological polar surface area (TPSA) is 46.9 Å². The minimum atomic E-state index is -0.234. The number of aryl methyl sites for hydroxylation is 2. The molecular formula is C15H17ClFN3OS. The summed E-state index contributed by atoms with van der Waals surface area (Å²) in [5, 5.41) is 7.23. The van der Waals surface area contributed by atoms with Gasteiger partial charge in [0.2, 0.25) is 0 Å². The molecule has 2 aromatic rings. The molecule has 0 spiro atoms. The maximum absolute atomic E-state index is 13.4. The summed E-state index contributed by atoms with van der Waals surface area (Å²) < 4.78 is 14.9. The number of amides is 1. The molecule has 1 heterocycles. The van der Waals surface area contributed by atoms with Crippen LogP contribution >= 0.6 is 23.4 Å². The van der Waals surface area contributed by atoms with E-state index in [9.17, 15) is 9.18 Å². The van der Waals surface area contributed by atoms with Gasteiger partial charge in [0.25, 0.3) is 5.91 Å². The van der Waals surface area contributed by atoms with E-state index in [4.69, 9.17) is 11.6 Å². The highest BCUT2D eigenvalue weighted by Crippen LogP contribution is 2.18. The SMILES string of the molecule is Cc1nn(C)c(Cl)c1C(=O)NCCSCc1ccccc1F. The largest absolute Gasteiger partial charge is 0.351 e. The van der Waals surface area contributed by atoms with Gasteiger partial charge >= 0.3 is 0 Å². The highest BCUT2D eigenvalue weighted by Gasteiger charge is 2.18. The average molecular weight is 342 g/mol. The van der Waals surface area contributed by atoms with Gasteiger partial charge in [0.15, 0.2) is 0 Å². The maximum atomic E-state index is 13.4. The van der Waals surface area contributed by atoms with Gasteiger partial charge in [-0.2, -0.15) is 16.9 Å². The molecule has 4 nitrogen and oxygen atoms in total. The number of halogens is 2. The maximum Gasteiger partial charge on any atom is 0.256 e. The molecule has 1 amide bonds. The normalized spacial score (nSPS) is 10.7. The molecule has 118 valence electrons. The van der Waals surface area contributed by atoms with Crippen molar-refractivity contribution in [1.29, 1.82) is 0 Å². The fourth-order valence-corrected chi connectivity index (χ4v) is 3.12. The summed E-state index contributed by atoms with van der Waals surface area (Å²) in [6.07, 6.45) is 0. The molecular weight excluding hydrogens is 325 g/mol. The van der Waals surface area contributed by atoms with Gasteiger partial charge in [-0.1, -0.05) is 29.8 Å². The first-order valence-electron chi connectivity index (χ1n) is 6.79. The Balaban J connectivity index is 1.77. The van der Waals surface area contributed by atoms with E-state index in [-0.39, 0.29) is 11.7 Å². The second-order valence-corrected chi connectivity index (χ2v) is 6.24. The number of hydrogen-bond acceptors (Lipinski definition) is 3. The van der Waals surface area contributed by atoms with Gasteiger partial charge in [-0.3, -0.25) is 9.48 Å². The fourth-order valence-electron chi connectivity index (χ4n) is 2.01. The molecule has 7 heteroatoms. The van der Waals surface area contributed by atoms with Crippen molar-refractivity contribution in [2.45, 2.75) is 12.7 Å². The molecule has 1 N–H and O–H groups in total. The van der Waals surface area contributed by atoms with Crippen molar-refractivity contribution in [3.05, 3.63) is 52.1 Å². The Bertz CT molecular complexity index is 675. The molecule has 0 radical (unpaired) electrons. The summed E-state index contributed by atoms with van der Waals surface area (Å²) >= 11 is 7.60. The summed E-state index contributed by atoms with van der Waals surface area (Å²) in [5.74, 6) is 0.838. The number of thioether (sulfide) groups is 1. The number of aromatic nitrogens is 2. The van der Waals surface area contributed by atoms with E-state index in [0.29, 0.717) is 40.0 Å². The lowest BCUT2D eigenvalue weighted by molar-refractivity contribution is 0.0955. The number of hydrogen-bond donors (Lipinski definition) is 1. The lowest BCUT2D eigenvalue weighted by atomic mass is 10.2. The third kappa shape index (κ3) is 4.01. The van der Waals surface area contributed by atoms with Crippen molar-refractivity contribution in [3.63, 3.8) is 0 Å². The van der Waals surface area contributed by atoms with Gasteiger partial charge < -0.3 is 5.32 Å². The van der Waals surface area contributed by atoms with Crippen LogP contribution in [0.4, 0.5) is 4.39 Å². The van der Waals surface area contributed by atoms with Crippen molar-refractivity contribution in [2.24, 2.45) is 7.05 Å². The molecule has 0 aliphatic carbocycles. The van der Waals surface area contributed by atoms with Gasteiger partial charge in [-0.05, 0) is 18.6 Å². The molecule has 0 saturated heterocycles. The first kappa shape index (κ1) is 16.8. The number of rotatable bonds is 6. The zero-order valence-corrected chi connectivity index (χ0v) is 14.0. The molecule has 0 atom stereocenters. The van der Waals surface area contributed by atoms with Gasteiger partial charge in [0, 0.05) is 25.1 Å². The minimum Gasteiger partial charge on any atom is -0.351 e. The molecule has 22 heavy (non-hydrogen) atoms. The number of carbonyl (C=O) groups excluding carboxylic acids is 1. The van der Waals surface area contributed by atoms with Crippen molar-refractivity contribution < 1.29 is 9.18 Å². The van der Waals surface area contributed by atoms with Crippen LogP contribution in [0.15, 0.2) is 24.3 Å². The highest BCUT2D eigenvalue weighted by atomic mass is 35.5. The standard InChI is InChI=1S/C15H17ClFN3OS/c1-10-13(14(16)20(2)19-10)15(21)18-7-8-22-9-11-5-3-4-6-12(11)17/h3-6H,7-9H2,1-2H3,(H,18,21). The van der Waals surface area contributed by atoms with Crippen LogP contribution in [0.1, 0.15) is 21.6 Å². The third-order valence-electron chi connectivity index (χ3n) is 3.13. The van der Waals surface area contributed by atoms with Gasteiger partial charge in [0.1, 0.15) is 11.0 Å². The molecule has 0 saturated carbocycles. The van der Waals surface area contributed by atoms with Crippen molar-refractivity contribution in [2.75, 3.05) is 12.3 Å². The van der Waals surface area contributed by atoms with Gasteiger partial charge in [-0.25, -0.2) is 4.39 Å². The Morgan fingerprint density at radius 2 is 2.18 bits per heavy atom. The van der Waals surface area contributed by atoms with E-state index in [1.807, 2.05) is 6.07 Å². The lowest BCUT2D eigenvalue weighted by Crippen LogP contribution is -2.26. The number of carbonyl (C=O) groups is 1. The lowest BCUT2D eigenvalue weighted by Gasteiger charge is -2.06. The van der Waals surface area contributed by atoms with E-state index in [1.54, 1.807) is 37.9 Å². The van der Waals surface area contributed by atoms with E-state index in [1.165, 1.54) is 10.7 Å². The summed E-state index contributed by atoms with van der Waals surface area (Å²) in [5.41, 5.74) is 1.68. The van der Waals surface area contributed by atoms with E-state index in [2.05, 4.69) is 10.4 Å². The van der Waals surface area contributed by atoms with Crippen LogP contribution in [0.5, 0.6) is 0 Å². The minimum absolute atomic E-state index is 0.197. The van der Waals surface area contributed by atoms with E-state index in [0.717, 1.165) is 0 Å². The number of nitrogens with zero attached hydrogens (tertiary/aromatic N) is 2. The Hall–Kier alpha value is -1.53. The van der Waals surface area contributed by atoms with Gasteiger partial charge in [-0.15, -0.1) is 0 Å². The average Bonchev–Trinajstić information content (AvgIpc) is 2.73. The van der Waals surface area contributed by atoms with Crippen LogP contribution < -0.4 is 5.32 Å². The Kier molecular flexibility index (Phi) is 5.85. The predicted molar refractivity (Wildman–Crippen MR) is 87.9 cm³/mol. The summed E-state index contributed by atoms with van der Waals surface area (Å²) in [6.45, 7) is 2.23. The smallest absolute Gasteiger partial charge is 0.256 e. The summed E-state index contributed by atoms with van der Waals surface area (Å²) in [6, 6.07) is 6.70. The quantitative estimate of drug-likeness (QED) is 0.821. The Morgan fingerprint density at radius 1 is 1.45 bits per heavy atom. The van der Waals surface area contributed by atoms with Crippen LogP contribution in [0, 0.1) is 12.7 Å². The molecule has 1 aromatic carbocycles. The number of benzene rings is 1. The molecule has 0 aliphatic heterocycles. The van der Waals surface area contributed by atoms with E-state index < -0.39 is 0 Å². The van der Waals surface area contributed by atoms with Crippen LogP contribution in [0.2, 0.25) is 5.15 Å². The second-order valence-electron chi connectivity index (χ2n) is 4.77. The highest BCUT2D eigenvalue weighted by molar-refractivity contribution is 7.98. The molecule has 0 aliphatic rings. The van der Waals surface area contributed by atoms with Gasteiger partial charge in [0.05, 0.1) is 11.3 Å². The Morgan fingerprint density at radius 3 is 2.82 bits per heavy atom. The molecule has 2 rings (SSSR count). The van der Waals surface area contributed by atoms with Crippen molar-refractivity contribution >= 4 is 29.3 Å². The monoisotopic (exact) mass is 341 g/mol. The molecule has 1 aromatic heterocycles. The summed E-state index contributed by atoms with van der Waals surface area (Å²) in [4.78, 5) is 12.1. The third-order valence-corrected chi connectivity index (χ3v) is 4.57. The van der Waals surface area contributed by atoms with Crippen molar-refractivity contribution in [1.82, 2.24) is 15.1 Å². The molecule has 0 bridgehead atoms. The Labute approximate surface area is 138 Å². The van der Waals surface area contributed by atoms with Crippen LogP contribution in [-0.4, -0.2) is 28.0 Å². The van der Waals surface area contributed by atoms with Crippen LogP contribution in [0.25, 0.3) is 0 Å². The molecule has 0 fully saturated rings. The first-order chi connectivity index (χ1) is 10.5. The van der Waals surface area contributed by atoms with E-state index >= 15 is 0 Å². The zero-order chi connectivity index (χ0) is 16.1. The van der Waals surface area contributed by atoms with Crippen LogP contribution in [-0.2, 0) is 12.8 Å². The molecule has 0 unspecified atom stereocenters. The summed E-state index contributed by atoms with van der Waals surface area (Å²) in [7, 11) is 1.69. The fraction of sp³-hybridized carbons (Fsp3) is 0.333. The van der Waals surface area contributed by atoms with Crippen LogP contribution in [0.3, 0.4) is 0 Å². The predicted octanol–water partition coefficient (Wildman–Crippen LogP) is 3.18.